The fraction of sp³-hybridized carbons (Fsp3) is 0.562. The Labute approximate surface area is 134 Å². The number of carbonyl (C=O) groups excluding carboxylic acids is 1. The van der Waals surface area contributed by atoms with Gasteiger partial charge in [0.2, 0.25) is 0 Å². The average molecular weight is 357 g/mol. The van der Waals surface area contributed by atoms with Gasteiger partial charge in [0.1, 0.15) is 5.82 Å². The summed E-state index contributed by atoms with van der Waals surface area (Å²) in [7, 11) is 0. The molecule has 0 unspecified atom stereocenters. The fourth-order valence-electron chi connectivity index (χ4n) is 2.56. The van der Waals surface area contributed by atoms with E-state index in [2.05, 4.69) is 33.1 Å². The monoisotopic (exact) mass is 356 g/mol. The minimum Gasteiger partial charge on any atom is -0.352 e. The Morgan fingerprint density at radius 2 is 2.14 bits per heavy atom. The van der Waals surface area contributed by atoms with Gasteiger partial charge in [-0.25, -0.2) is 4.39 Å². The van der Waals surface area contributed by atoms with Gasteiger partial charge < -0.3 is 10.2 Å². The van der Waals surface area contributed by atoms with Crippen LogP contribution in [-0.4, -0.2) is 37.0 Å². The fourth-order valence-corrected chi connectivity index (χ4v) is 2.98. The molecule has 0 aliphatic carbocycles. The summed E-state index contributed by atoms with van der Waals surface area (Å²) < 4.78 is 13.8. The Kier molecular flexibility index (Phi) is 6.18. The molecule has 1 aliphatic rings. The van der Waals surface area contributed by atoms with Crippen molar-refractivity contribution >= 4 is 21.8 Å². The van der Waals surface area contributed by atoms with Crippen molar-refractivity contribution in [3.63, 3.8) is 0 Å². The molecule has 3 nitrogen and oxygen atoms in total. The number of amides is 1. The lowest BCUT2D eigenvalue weighted by molar-refractivity contribution is 0.0949. The van der Waals surface area contributed by atoms with Crippen molar-refractivity contribution < 1.29 is 9.18 Å². The summed E-state index contributed by atoms with van der Waals surface area (Å²) in [6.45, 7) is 6.24. The Morgan fingerprint density at radius 1 is 1.43 bits per heavy atom. The molecule has 1 amide bonds. The third kappa shape index (κ3) is 5.08. The van der Waals surface area contributed by atoms with Gasteiger partial charge in [-0.1, -0.05) is 6.92 Å². The van der Waals surface area contributed by atoms with Crippen LogP contribution in [0.2, 0.25) is 0 Å². The normalized spacial score (nSPS) is 16.9. The van der Waals surface area contributed by atoms with E-state index >= 15 is 0 Å². The van der Waals surface area contributed by atoms with Crippen molar-refractivity contribution in [1.82, 2.24) is 10.2 Å². The molecule has 0 radical (unpaired) electrons. The van der Waals surface area contributed by atoms with Gasteiger partial charge in [0, 0.05) is 11.0 Å². The Balaban J connectivity index is 1.71. The van der Waals surface area contributed by atoms with Crippen LogP contribution in [0.15, 0.2) is 22.7 Å². The average Bonchev–Trinajstić information content (AvgIpc) is 2.47. The molecule has 21 heavy (non-hydrogen) atoms. The zero-order chi connectivity index (χ0) is 15.2. The maximum Gasteiger partial charge on any atom is 0.252 e. The summed E-state index contributed by atoms with van der Waals surface area (Å²) >= 11 is 3.27. The molecular formula is C16H22BrFN2O. The van der Waals surface area contributed by atoms with Crippen LogP contribution in [0.25, 0.3) is 0 Å². The number of hydrogen-bond acceptors (Lipinski definition) is 2. The van der Waals surface area contributed by atoms with Crippen molar-refractivity contribution in [2.45, 2.75) is 26.2 Å². The van der Waals surface area contributed by atoms with Crippen molar-refractivity contribution in [2.75, 3.05) is 26.2 Å². The van der Waals surface area contributed by atoms with Gasteiger partial charge in [-0.2, -0.15) is 0 Å². The van der Waals surface area contributed by atoms with Crippen LogP contribution in [0.5, 0.6) is 0 Å². The first-order valence-electron chi connectivity index (χ1n) is 7.52. The highest BCUT2D eigenvalue weighted by Gasteiger charge is 2.15. The quantitative estimate of drug-likeness (QED) is 0.819. The van der Waals surface area contributed by atoms with E-state index in [0.29, 0.717) is 16.6 Å². The SMILES string of the molecule is CC1CCN(CCCNC(=O)c2cc(F)ccc2Br)CC1. The molecule has 1 aromatic carbocycles. The molecule has 5 heteroatoms. The van der Waals surface area contributed by atoms with Crippen molar-refractivity contribution in [1.29, 1.82) is 0 Å². The summed E-state index contributed by atoms with van der Waals surface area (Å²) in [5.74, 6) is 0.214. The molecular weight excluding hydrogens is 335 g/mol. The van der Waals surface area contributed by atoms with Crippen molar-refractivity contribution in [2.24, 2.45) is 5.92 Å². The van der Waals surface area contributed by atoms with Gasteiger partial charge >= 0.3 is 0 Å². The third-order valence-corrected chi connectivity index (χ3v) is 4.68. The standard InChI is InChI=1S/C16H22BrFN2O/c1-12-5-9-20(10-6-12)8-2-7-19-16(21)14-11-13(18)3-4-15(14)17/h3-4,11-12H,2,5-10H2,1H3,(H,19,21). The lowest BCUT2D eigenvalue weighted by Gasteiger charge is -2.30. The maximum absolute atomic E-state index is 13.2. The van der Waals surface area contributed by atoms with Crippen LogP contribution in [0.4, 0.5) is 4.39 Å². The predicted molar refractivity (Wildman–Crippen MR) is 85.9 cm³/mol. The van der Waals surface area contributed by atoms with E-state index in [4.69, 9.17) is 0 Å². The number of likely N-dealkylation sites (tertiary alicyclic amines) is 1. The number of carbonyl (C=O) groups is 1. The molecule has 1 aliphatic heterocycles. The van der Waals surface area contributed by atoms with Crippen LogP contribution in [0.1, 0.15) is 36.5 Å². The summed E-state index contributed by atoms with van der Waals surface area (Å²) in [5, 5.41) is 2.85. The Bertz CT molecular complexity index is 487. The van der Waals surface area contributed by atoms with Crippen LogP contribution in [0.3, 0.4) is 0 Å². The maximum atomic E-state index is 13.2. The van der Waals surface area contributed by atoms with E-state index < -0.39 is 5.82 Å². The van der Waals surface area contributed by atoms with Crippen LogP contribution in [-0.2, 0) is 0 Å². The highest BCUT2D eigenvalue weighted by Crippen LogP contribution is 2.18. The highest BCUT2D eigenvalue weighted by molar-refractivity contribution is 9.10. The van der Waals surface area contributed by atoms with E-state index in [0.717, 1.165) is 32.0 Å². The summed E-state index contributed by atoms with van der Waals surface area (Å²) in [6.07, 6.45) is 3.46. The number of benzene rings is 1. The Morgan fingerprint density at radius 3 is 2.86 bits per heavy atom. The first-order chi connectivity index (χ1) is 10.1. The lowest BCUT2D eigenvalue weighted by atomic mass is 9.99. The van der Waals surface area contributed by atoms with Crippen LogP contribution in [0, 0.1) is 11.7 Å². The van der Waals surface area contributed by atoms with Gasteiger partial charge in [-0.15, -0.1) is 0 Å². The first-order valence-corrected chi connectivity index (χ1v) is 8.31. The van der Waals surface area contributed by atoms with Gasteiger partial charge in [-0.05, 0) is 78.9 Å². The van der Waals surface area contributed by atoms with E-state index in [9.17, 15) is 9.18 Å². The smallest absolute Gasteiger partial charge is 0.252 e. The number of nitrogens with zero attached hydrogens (tertiary/aromatic N) is 1. The lowest BCUT2D eigenvalue weighted by Crippen LogP contribution is -2.35. The zero-order valence-electron chi connectivity index (χ0n) is 12.4. The van der Waals surface area contributed by atoms with Gasteiger partial charge in [0.15, 0.2) is 0 Å². The van der Waals surface area contributed by atoms with E-state index in [1.807, 2.05) is 0 Å². The van der Waals surface area contributed by atoms with Gasteiger partial charge in [0.25, 0.3) is 5.91 Å². The molecule has 1 aromatic rings. The molecule has 2 rings (SSSR count). The molecule has 0 bridgehead atoms. The van der Waals surface area contributed by atoms with E-state index in [1.165, 1.54) is 25.0 Å². The molecule has 1 fully saturated rings. The molecule has 1 heterocycles. The second kappa shape index (κ2) is 7.90. The summed E-state index contributed by atoms with van der Waals surface area (Å²) in [4.78, 5) is 14.4. The minimum absolute atomic E-state index is 0.228. The van der Waals surface area contributed by atoms with E-state index in [1.54, 1.807) is 6.07 Å². The second-order valence-electron chi connectivity index (χ2n) is 5.76. The summed E-state index contributed by atoms with van der Waals surface area (Å²) in [6, 6.07) is 4.14. The van der Waals surface area contributed by atoms with Gasteiger partial charge in [-0.3, -0.25) is 4.79 Å². The number of halogens is 2. The molecule has 1 saturated heterocycles. The minimum atomic E-state index is -0.397. The topological polar surface area (TPSA) is 32.3 Å². The van der Waals surface area contributed by atoms with Crippen molar-refractivity contribution in [3.8, 4) is 0 Å². The summed E-state index contributed by atoms with van der Waals surface area (Å²) in [5.41, 5.74) is 0.349. The number of nitrogens with one attached hydrogen (secondary N) is 1. The third-order valence-electron chi connectivity index (χ3n) is 3.99. The zero-order valence-corrected chi connectivity index (χ0v) is 14.0. The number of rotatable bonds is 5. The van der Waals surface area contributed by atoms with E-state index in [-0.39, 0.29) is 5.91 Å². The Hall–Kier alpha value is -0.940. The number of hydrogen-bond donors (Lipinski definition) is 1. The number of piperidine rings is 1. The molecule has 1 N–H and O–H groups in total. The van der Waals surface area contributed by atoms with Crippen molar-refractivity contribution in [3.05, 3.63) is 34.1 Å². The molecule has 0 spiro atoms. The van der Waals surface area contributed by atoms with Crippen LogP contribution < -0.4 is 5.32 Å². The first kappa shape index (κ1) is 16.4. The largest absolute Gasteiger partial charge is 0.352 e. The highest BCUT2D eigenvalue weighted by atomic mass is 79.9. The molecule has 0 saturated carbocycles. The second-order valence-corrected chi connectivity index (χ2v) is 6.61. The molecule has 116 valence electrons. The predicted octanol–water partition coefficient (Wildman–Crippen LogP) is 3.44. The molecule has 0 atom stereocenters. The van der Waals surface area contributed by atoms with Crippen LogP contribution >= 0.6 is 15.9 Å². The van der Waals surface area contributed by atoms with Gasteiger partial charge in [0.05, 0.1) is 5.56 Å². The molecule has 0 aromatic heterocycles.